The zero-order chi connectivity index (χ0) is 21.8. The molecule has 0 fully saturated rings. The number of nitrogens with zero attached hydrogens (tertiary/aromatic N) is 2. The number of para-hydroxylation sites is 1. The van der Waals surface area contributed by atoms with E-state index < -0.39 is 11.8 Å². The minimum atomic E-state index is -0.649. The Bertz CT molecular complexity index is 1090. The number of fused-ring (bicyclic) bond motifs is 1. The molecule has 2 aromatic carbocycles. The largest absolute Gasteiger partial charge is 0.353 e. The Labute approximate surface area is 182 Å². The van der Waals surface area contributed by atoms with E-state index in [0.29, 0.717) is 12.2 Å². The van der Waals surface area contributed by atoms with E-state index in [1.165, 1.54) is 11.1 Å². The highest BCUT2D eigenvalue weighted by Gasteiger charge is 2.27. The number of hydrogen-bond acceptors (Lipinski definition) is 3. The second-order valence-electron chi connectivity index (χ2n) is 8.03. The third-order valence-corrected chi connectivity index (χ3v) is 5.98. The van der Waals surface area contributed by atoms with Gasteiger partial charge in [-0.1, -0.05) is 42.5 Å². The van der Waals surface area contributed by atoms with E-state index in [0.717, 1.165) is 30.8 Å². The molecule has 1 atom stereocenters. The fourth-order valence-electron chi connectivity index (χ4n) is 4.19. The molecule has 0 aliphatic carbocycles. The Kier molecular flexibility index (Phi) is 6.18. The fourth-order valence-corrected chi connectivity index (χ4v) is 4.19. The van der Waals surface area contributed by atoms with Crippen molar-refractivity contribution in [2.75, 3.05) is 18.4 Å². The first-order valence-electron chi connectivity index (χ1n) is 10.6. The van der Waals surface area contributed by atoms with Crippen LogP contribution in [-0.2, 0) is 29.6 Å². The van der Waals surface area contributed by atoms with Crippen molar-refractivity contribution in [1.29, 1.82) is 0 Å². The van der Waals surface area contributed by atoms with Gasteiger partial charge in [-0.25, -0.2) is 0 Å². The van der Waals surface area contributed by atoms with Crippen LogP contribution in [-0.4, -0.2) is 34.4 Å². The second kappa shape index (κ2) is 9.18. The molecular weight excluding hydrogens is 388 g/mol. The highest BCUT2D eigenvalue weighted by molar-refractivity contribution is 6.39. The fraction of sp³-hybridized carbons (Fsp3) is 0.280. The van der Waals surface area contributed by atoms with Crippen molar-refractivity contribution < 1.29 is 9.59 Å². The number of anilines is 1. The Morgan fingerprint density at radius 2 is 1.71 bits per heavy atom. The van der Waals surface area contributed by atoms with Crippen molar-refractivity contribution in [3.05, 3.63) is 89.2 Å². The van der Waals surface area contributed by atoms with Crippen LogP contribution in [0.5, 0.6) is 0 Å². The van der Waals surface area contributed by atoms with Gasteiger partial charge in [0, 0.05) is 44.3 Å². The summed E-state index contributed by atoms with van der Waals surface area (Å²) in [6, 6.07) is 20.0. The molecule has 2 heterocycles. The van der Waals surface area contributed by atoms with E-state index in [-0.39, 0.29) is 6.04 Å². The number of rotatable bonds is 5. The third-order valence-electron chi connectivity index (χ3n) is 5.98. The summed E-state index contributed by atoms with van der Waals surface area (Å²) in [5, 5.41) is 5.56. The van der Waals surface area contributed by atoms with Gasteiger partial charge in [0.05, 0.1) is 6.04 Å². The Balaban J connectivity index is 1.46. The number of hydrogen-bond donors (Lipinski definition) is 2. The number of aromatic nitrogens is 1. The van der Waals surface area contributed by atoms with Crippen LogP contribution < -0.4 is 10.6 Å². The van der Waals surface area contributed by atoms with Gasteiger partial charge in [0.25, 0.3) is 0 Å². The number of aryl methyl sites for hydroxylation is 2. The van der Waals surface area contributed by atoms with E-state index in [9.17, 15) is 9.59 Å². The topological polar surface area (TPSA) is 66.4 Å². The van der Waals surface area contributed by atoms with Crippen molar-refractivity contribution in [2.45, 2.75) is 25.9 Å². The van der Waals surface area contributed by atoms with E-state index in [2.05, 4.69) is 50.4 Å². The zero-order valence-corrected chi connectivity index (χ0v) is 18.0. The van der Waals surface area contributed by atoms with Crippen LogP contribution in [0, 0.1) is 6.92 Å². The monoisotopic (exact) mass is 416 g/mol. The Hall–Kier alpha value is -3.38. The lowest BCUT2D eigenvalue weighted by Crippen LogP contribution is -2.44. The standard InChI is InChI=1S/C25H28N4O2/c1-18-8-3-6-11-21(18)27-25(31)24(30)26-16-23(22-12-7-14-28(22)2)29-15-13-19-9-4-5-10-20(19)17-29/h3-12,14,23H,13,15-17H2,1-2H3,(H,26,30)(H,27,31). The zero-order valence-electron chi connectivity index (χ0n) is 18.0. The van der Waals surface area contributed by atoms with Crippen LogP contribution in [0.15, 0.2) is 66.9 Å². The minimum Gasteiger partial charge on any atom is -0.353 e. The SMILES string of the molecule is Cc1ccccc1NC(=O)C(=O)NCC(c1cccn1C)N1CCc2ccccc2C1. The maximum Gasteiger partial charge on any atom is 0.313 e. The first-order valence-corrected chi connectivity index (χ1v) is 10.6. The molecule has 1 aliphatic rings. The lowest BCUT2D eigenvalue weighted by atomic mass is 9.98. The average molecular weight is 417 g/mol. The number of carbonyl (C=O) groups excluding carboxylic acids is 2. The Morgan fingerprint density at radius 1 is 0.968 bits per heavy atom. The molecule has 31 heavy (non-hydrogen) atoms. The number of nitrogens with one attached hydrogen (secondary N) is 2. The summed E-state index contributed by atoms with van der Waals surface area (Å²) in [6.45, 7) is 3.97. The Morgan fingerprint density at radius 3 is 2.45 bits per heavy atom. The summed E-state index contributed by atoms with van der Waals surface area (Å²) in [5.41, 5.74) is 5.37. The molecule has 0 saturated carbocycles. The summed E-state index contributed by atoms with van der Waals surface area (Å²) in [6.07, 6.45) is 2.98. The molecule has 6 nitrogen and oxygen atoms in total. The van der Waals surface area contributed by atoms with Gasteiger partial charge in [-0.15, -0.1) is 0 Å². The molecule has 1 aromatic heterocycles. The van der Waals surface area contributed by atoms with Crippen LogP contribution >= 0.6 is 0 Å². The van der Waals surface area contributed by atoms with Gasteiger partial charge in [-0.05, 0) is 48.2 Å². The molecular formula is C25H28N4O2. The van der Waals surface area contributed by atoms with Crippen molar-refractivity contribution in [3.8, 4) is 0 Å². The lowest BCUT2D eigenvalue weighted by molar-refractivity contribution is -0.136. The molecule has 0 saturated heterocycles. The maximum atomic E-state index is 12.6. The van der Waals surface area contributed by atoms with E-state index in [4.69, 9.17) is 0 Å². The molecule has 0 bridgehead atoms. The highest BCUT2D eigenvalue weighted by atomic mass is 16.2. The van der Waals surface area contributed by atoms with E-state index in [1.807, 2.05) is 44.4 Å². The molecule has 0 spiro atoms. The number of benzene rings is 2. The smallest absolute Gasteiger partial charge is 0.313 e. The van der Waals surface area contributed by atoms with Gasteiger partial charge in [-0.2, -0.15) is 0 Å². The molecule has 2 N–H and O–H groups in total. The summed E-state index contributed by atoms with van der Waals surface area (Å²) in [5.74, 6) is -1.27. The lowest BCUT2D eigenvalue weighted by Gasteiger charge is -2.36. The highest BCUT2D eigenvalue weighted by Crippen LogP contribution is 2.27. The van der Waals surface area contributed by atoms with E-state index in [1.54, 1.807) is 6.07 Å². The molecule has 4 rings (SSSR count). The predicted molar refractivity (Wildman–Crippen MR) is 122 cm³/mol. The van der Waals surface area contributed by atoms with Gasteiger partial charge in [0.15, 0.2) is 0 Å². The molecule has 3 aromatic rings. The minimum absolute atomic E-state index is 0.0245. The number of amides is 2. The molecule has 1 unspecified atom stereocenters. The van der Waals surface area contributed by atoms with Crippen molar-refractivity contribution in [3.63, 3.8) is 0 Å². The van der Waals surface area contributed by atoms with Crippen LogP contribution in [0.25, 0.3) is 0 Å². The van der Waals surface area contributed by atoms with Crippen LogP contribution in [0.4, 0.5) is 5.69 Å². The first kappa shape index (κ1) is 20.9. The molecule has 0 radical (unpaired) electrons. The van der Waals surface area contributed by atoms with Crippen molar-refractivity contribution >= 4 is 17.5 Å². The first-order chi connectivity index (χ1) is 15.0. The van der Waals surface area contributed by atoms with Crippen LogP contribution in [0.2, 0.25) is 0 Å². The van der Waals surface area contributed by atoms with Crippen LogP contribution in [0.1, 0.15) is 28.4 Å². The van der Waals surface area contributed by atoms with Crippen molar-refractivity contribution in [2.24, 2.45) is 7.05 Å². The predicted octanol–water partition coefficient (Wildman–Crippen LogP) is 3.19. The third kappa shape index (κ3) is 4.70. The van der Waals surface area contributed by atoms with Crippen molar-refractivity contribution in [1.82, 2.24) is 14.8 Å². The maximum absolute atomic E-state index is 12.6. The summed E-state index contributed by atoms with van der Waals surface area (Å²) in [7, 11) is 2.01. The molecule has 1 aliphatic heterocycles. The normalized spacial score (nSPS) is 14.5. The van der Waals surface area contributed by atoms with Gasteiger partial charge in [0.1, 0.15) is 0 Å². The van der Waals surface area contributed by atoms with Gasteiger partial charge in [-0.3, -0.25) is 14.5 Å². The second-order valence-corrected chi connectivity index (χ2v) is 8.03. The quantitative estimate of drug-likeness (QED) is 0.628. The summed E-state index contributed by atoms with van der Waals surface area (Å²) < 4.78 is 2.07. The molecule has 2 amide bonds. The van der Waals surface area contributed by atoms with Crippen LogP contribution in [0.3, 0.4) is 0 Å². The van der Waals surface area contributed by atoms with E-state index >= 15 is 0 Å². The summed E-state index contributed by atoms with van der Waals surface area (Å²) >= 11 is 0. The average Bonchev–Trinajstić information content (AvgIpc) is 3.20. The summed E-state index contributed by atoms with van der Waals surface area (Å²) in [4.78, 5) is 27.4. The number of carbonyl (C=O) groups is 2. The molecule has 160 valence electrons. The van der Waals surface area contributed by atoms with Gasteiger partial charge in [0.2, 0.25) is 0 Å². The van der Waals surface area contributed by atoms with Gasteiger partial charge >= 0.3 is 11.8 Å². The molecule has 6 heteroatoms. The van der Waals surface area contributed by atoms with Gasteiger partial charge < -0.3 is 15.2 Å².